The van der Waals surface area contributed by atoms with Gasteiger partial charge in [-0.3, -0.25) is 19.4 Å². The van der Waals surface area contributed by atoms with E-state index in [-0.39, 0.29) is 69.3 Å². The van der Waals surface area contributed by atoms with Crippen molar-refractivity contribution in [3.8, 4) is 23.0 Å². The number of benzene rings is 2. The third kappa shape index (κ3) is 7.11. The molecule has 3 fully saturated rings. The Balaban J connectivity index is 1.14. The first-order valence-corrected chi connectivity index (χ1v) is 21.8. The number of aromatic nitrogens is 5. The molecule has 3 aliphatic heterocycles. The van der Waals surface area contributed by atoms with Crippen molar-refractivity contribution in [3.63, 3.8) is 0 Å². The predicted molar refractivity (Wildman–Crippen MR) is 227 cm³/mol. The fraction of sp³-hybridized carbons (Fsp3) is 0.533. The molecular weight excluding hydrogens is 790 g/mol. The van der Waals surface area contributed by atoms with E-state index in [9.17, 15) is 9.90 Å². The first-order chi connectivity index (χ1) is 28.9. The molecular formula is C45H53ClF2N8O4. The van der Waals surface area contributed by atoms with Crippen molar-refractivity contribution in [2.24, 2.45) is 5.41 Å². The molecule has 1 N–H and O–H groups in total. The van der Waals surface area contributed by atoms with Crippen LogP contribution in [0, 0.1) is 17.0 Å². The van der Waals surface area contributed by atoms with Crippen LogP contribution in [0.4, 0.5) is 14.6 Å². The number of halogens is 3. The van der Waals surface area contributed by atoms with E-state index in [1.807, 2.05) is 11.8 Å². The zero-order valence-electron chi connectivity index (χ0n) is 35.0. The summed E-state index contributed by atoms with van der Waals surface area (Å²) in [5, 5.41) is 17.1. The van der Waals surface area contributed by atoms with Gasteiger partial charge in [0.15, 0.2) is 11.5 Å². The van der Waals surface area contributed by atoms with Gasteiger partial charge in [-0.05, 0) is 106 Å². The molecule has 2 saturated heterocycles. The number of ether oxygens (including phenoxy) is 2. The van der Waals surface area contributed by atoms with Crippen LogP contribution in [0.1, 0.15) is 93.9 Å². The number of hydrogen-bond donors (Lipinski definition) is 1. The summed E-state index contributed by atoms with van der Waals surface area (Å²) in [4.78, 5) is 33.7. The summed E-state index contributed by atoms with van der Waals surface area (Å²) >= 11 is 6.89. The molecule has 9 rings (SSSR count). The maximum atomic E-state index is 17.5. The number of piperidine rings is 1. The van der Waals surface area contributed by atoms with E-state index in [4.69, 9.17) is 31.0 Å². The number of fused-ring (bicyclic) bond motifs is 4. The Hall–Kier alpha value is -4.66. The van der Waals surface area contributed by atoms with Crippen LogP contribution in [0.15, 0.2) is 30.5 Å². The third-order valence-electron chi connectivity index (χ3n) is 13.4. The molecule has 0 spiro atoms. The minimum atomic E-state index is -0.737. The van der Waals surface area contributed by atoms with Crippen LogP contribution in [0.25, 0.3) is 32.9 Å². The van der Waals surface area contributed by atoms with Gasteiger partial charge in [-0.2, -0.15) is 15.1 Å². The lowest BCUT2D eigenvalue weighted by molar-refractivity contribution is -0.0967. The largest absolute Gasteiger partial charge is 0.508 e. The summed E-state index contributed by atoms with van der Waals surface area (Å²) in [5.74, 6) is -1.14. The van der Waals surface area contributed by atoms with Gasteiger partial charge < -0.3 is 24.4 Å². The fourth-order valence-electron chi connectivity index (χ4n) is 10.8. The quantitative estimate of drug-likeness (QED) is 0.163. The van der Waals surface area contributed by atoms with Crippen LogP contribution in [-0.2, 0) is 24.2 Å². The number of amides is 1. The number of hydrogen-bond acceptors (Lipinski definition) is 10. The molecule has 1 saturated carbocycles. The summed E-state index contributed by atoms with van der Waals surface area (Å²) in [6.45, 7) is 8.89. The molecule has 12 nitrogen and oxygen atoms in total. The van der Waals surface area contributed by atoms with E-state index in [1.165, 1.54) is 17.0 Å². The number of carbonyl (C=O) groups is 1. The molecule has 1 amide bonds. The highest BCUT2D eigenvalue weighted by Crippen LogP contribution is 2.50. The summed E-state index contributed by atoms with van der Waals surface area (Å²) < 4.78 is 47.3. The molecule has 4 aliphatic rings. The molecule has 3 aromatic heterocycles. The minimum Gasteiger partial charge on any atom is -0.508 e. The number of carbonyl (C=O) groups excluding carboxylic acids is 1. The van der Waals surface area contributed by atoms with Crippen LogP contribution < -0.4 is 9.64 Å². The van der Waals surface area contributed by atoms with E-state index in [1.54, 1.807) is 37.1 Å². The van der Waals surface area contributed by atoms with E-state index in [0.717, 1.165) is 51.5 Å². The molecule has 60 heavy (non-hydrogen) atoms. The second-order valence-corrected chi connectivity index (χ2v) is 18.0. The van der Waals surface area contributed by atoms with Gasteiger partial charge in [0.2, 0.25) is 0 Å². The summed E-state index contributed by atoms with van der Waals surface area (Å²) in [6, 6.07) is 6.75. The fourth-order valence-corrected chi connectivity index (χ4v) is 11.1. The van der Waals surface area contributed by atoms with Gasteiger partial charge in [0.1, 0.15) is 28.6 Å². The Bertz CT molecular complexity index is 2470. The van der Waals surface area contributed by atoms with Crippen molar-refractivity contribution >= 4 is 45.0 Å². The molecule has 15 heteroatoms. The van der Waals surface area contributed by atoms with Crippen molar-refractivity contribution in [2.45, 2.75) is 116 Å². The lowest BCUT2D eigenvalue weighted by Crippen LogP contribution is -2.57. The number of aromatic hydroxyl groups is 1. The number of anilines is 1. The molecule has 1 aliphatic carbocycles. The van der Waals surface area contributed by atoms with Gasteiger partial charge in [-0.15, -0.1) is 0 Å². The lowest BCUT2D eigenvalue weighted by Gasteiger charge is -2.51. The second-order valence-electron chi connectivity index (χ2n) is 17.6. The highest BCUT2D eigenvalue weighted by atomic mass is 35.5. The van der Waals surface area contributed by atoms with Gasteiger partial charge in [0.25, 0.3) is 5.91 Å². The maximum Gasteiger partial charge on any atom is 0.319 e. The van der Waals surface area contributed by atoms with Crippen LogP contribution >= 0.6 is 11.6 Å². The van der Waals surface area contributed by atoms with E-state index < -0.39 is 11.6 Å². The van der Waals surface area contributed by atoms with Gasteiger partial charge >= 0.3 is 6.01 Å². The highest BCUT2D eigenvalue weighted by molar-refractivity contribution is 6.34. The zero-order valence-corrected chi connectivity index (χ0v) is 35.7. The van der Waals surface area contributed by atoms with Crippen molar-refractivity contribution in [3.05, 3.63) is 64.1 Å². The number of aryl methyl sites for hydroxylation is 2. The molecule has 1 unspecified atom stereocenters. The van der Waals surface area contributed by atoms with Gasteiger partial charge in [0.05, 0.1) is 41.5 Å². The number of pyridine rings is 1. The van der Waals surface area contributed by atoms with Gasteiger partial charge in [-0.25, -0.2) is 8.78 Å². The van der Waals surface area contributed by atoms with Gasteiger partial charge in [-0.1, -0.05) is 31.0 Å². The number of rotatable bonds is 8. The van der Waals surface area contributed by atoms with Gasteiger partial charge in [0, 0.05) is 56.4 Å². The van der Waals surface area contributed by atoms with Crippen molar-refractivity contribution in [1.29, 1.82) is 0 Å². The molecule has 0 bridgehead atoms. The number of phenolic OH excluding ortho intramolecular Hbond substituents is 1. The normalized spacial score (nSPS) is 24.7. The summed E-state index contributed by atoms with van der Waals surface area (Å²) in [5.41, 5.74) is 1.30. The molecule has 5 aromatic rings. The summed E-state index contributed by atoms with van der Waals surface area (Å²) in [6.07, 6.45) is 10.3. The molecule has 6 heterocycles. The average Bonchev–Trinajstić information content (AvgIpc) is 3.71. The van der Waals surface area contributed by atoms with Crippen molar-refractivity contribution in [2.75, 3.05) is 38.7 Å². The van der Waals surface area contributed by atoms with Crippen LogP contribution in [0.3, 0.4) is 0 Å². The zero-order chi connectivity index (χ0) is 42.0. The third-order valence-corrected chi connectivity index (χ3v) is 13.8. The molecule has 5 atom stereocenters. The van der Waals surface area contributed by atoms with Crippen molar-refractivity contribution in [1.82, 2.24) is 34.5 Å². The standard InChI is InChI=1S/C45H53ClF2N8O4/c1-6-30-33(47)12-11-27-20-29(57)21-31(36(27)30)39-38(48)40-32(22-49-39)42(54-15-9-17-56-34(23-54)37(46)41(52-56)43(58)53(4)5)51-44(50-40)59-24-45-13-7-10-35(45)55(16-8-14-45)28-18-25(2)60-26(3)19-28/h11-12,20-22,25-26,28,35,57H,6-10,13-19,23-24H2,1-5H3/t25-,26+,28?,35-,45-/m1/s1. The highest BCUT2D eigenvalue weighted by Gasteiger charge is 2.51. The predicted octanol–water partition coefficient (Wildman–Crippen LogP) is 8.32. The van der Waals surface area contributed by atoms with Crippen molar-refractivity contribution < 1.29 is 28.2 Å². The van der Waals surface area contributed by atoms with Crippen LogP contribution in [0.2, 0.25) is 5.02 Å². The summed E-state index contributed by atoms with van der Waals surface area (Å²) in [7, 11) is 3.31. The smallest absolute Gasteiger partial charge is 0.319 e. The van der Waals surface area contributed by atoms with E-state index >= 15 is 8.78 Å². The van der Waals surface area contributed by atoms with E-state index in [0.29, 0.717) is 77.9 Å². The van der Waals surface area contributed by atoms with E-state index in [2.05, 4.69) is 28.8 Å². The number of likely N-dealkylation sites (tertiary alicyclic amines) is 1. The first-order valence-electron chi connectivity index (χ1n) is 21.4. The second kappa shape index (κ2) is 16.0. The molecule has 0 radical (unpaired) electrons. The molecule has 2 aromatic carbocycles. The molecule has 318 valence electrons. The number of nitrogens with zero attached hydrogens (tertiary/aromatic N) is 8. The maximum absolute atomic E-state index is 17.5. The van der Waals surface area contributed by atoms with Crippen LogP contribution in [-0.4, -0.2) is 104 Å². The monoisotopic (exact) mass is 842 g/mol. The lowest BCUT2D eigenvalue weighted by atomic mass is 9.74. The Labute approximate surface area is 353 Å². The Morgan fingerprint density at radius 2 is 1.85 bits per heavy atom. The Kier molecular flexibility index (Phi) is 10.9. The Morgan fingerprint density at radius 1 is 1.07 bits per heavy atom. The first kappa shape index (κ1) is 40.7. The minimum absolute atomic E-state index is 0.00538. The Morgan fingerprint density at radius 3 is 2.62 bits per heavy atom. The van der Waals surface area contributed by atoms with Crippen LogP contribution in [0.5, 0.6) is 11.8 Å². The topological polar surface area (TPSA) is 122 Å². The number of phenols is 1. The SMILES string of the molecule is CCc1c(F)ccc2cc(O)cc(-c3ncc4c(N5CCCn6nc(C(=O)N(C)C)c(Cl)c6C5)nc(OC[C@]56CCC[C@H]5N(C5C[C@@H](C)O[C@@H](C)C5)CCC6)nc4c3F)c12. The average molecular weight is 843 g/mol.